The number of likely N-dealkylation sites (tertiary alicyclic amines) is 1. The van der Waals surface area contributed by atoms with E-state index >= 15 is 0 Å². The molecule has 0 aliphatic carbocycles. The standard InChI is InChI=1S/C20H27N3O3S/c1-20(2,19-21-9-11-27-19)22-13-18(24)23-10-5-6-15(23)14-7-8-16(25-3)17(12-14)26-4/h7-9,11-12,15,22H,5-6,10,13H2,1-4H3. The molecule has 0 spiro atoms. The van der Waals surface area contributed by atoms with Crippen LogP contribution in [0.5, 0.6) is 11.5 Å². The number of rotatable bonds is 7. The van der Waals surface area contributed by atoms with Gasteiger partial charge in [0.2, 0.25) is 5.91 Å². The molecule has 1 aliphatic rings. The molecule has 146 valence electrons. The van der Waals surface area contributed by atoms with Crippen LogP contribution in [0.15, 0.2) is 29.8 Å². The highest BCUT2D eigenvalue weighted by Gasteiger charge is 2.32. The topological polar surface area (TPSA) is 63.7 Å². The Hall–Kier alpha value is -2.12. The van der Waals surface area contributed by atoms with Crippen LogP contribution in [-0.4, -0.2) is 43.1 Å². The van der Waals surface area contributed by atoms with Gasteiger partial charge in [0.15, 0.2) is 11.5 Å². The molecule has 1 aromatic heterocycles. The molecular formula is C20H27N3O3S. The molecule has 2 aromatic rings. The van der Waals surface area contributed by atoms with E-state index in [1.54, 1.807) is 31.8 Å². The van der Waals surface area contributed by atoms with Crippen molar-refractivity contribution >= 4 is 17.2 Å². The van der Waals surface area contributed by atoms with Crippen molar-refractivity contribution in [3.05, 3.63) is 40.3 Å². The van der Waals surface area contributed by atoms with Gasteiger partial charge in [0.25, 0.3) is 0 Å². The van der Waals surface area contributed by atoms with E-state index in [1.807, 2.05) is 28.5 Å². The molecule has 1 saturated heterocycles. The Labute approximate surface area is 164 Å². The lowest BCUT2D eigenvalue weighted by Crippen LogP contribution is -2.44. The average Bonchev–Trinajstić information content (AvgIpc) is 3.37. The zero-order valence-electron chi connectivity index (χ0n) is 16.3. The number of benzene rings is 1. The monoisotopic (exact) mass is 389 g/mol. The number of thiazole rings is 1. The summed E-state index contributed by atoms with van der Waals surface area (Å²) >= 11 is 1.59. The number of aromatic nitrogens is 1. The van der Waals surface area contributed by atoms with Crippen LogP contribution in [0.4, 0.5) is 0 Å². The number of ether oxygens (including phenoxy) is 2. The van der Waals surface area contributed by atoms with Gasteiger partial charge < -0.3 is 14.4 Å². The molecule has 1 atom stereocenters. The van der Waals surface area contributed by atoms with Gasteiger partial charge >= 0.3 is 0 Å². The third-order valence-electron chi connectivity index (χ3n) is 5.01. The zero-order chi connectivity index (χ0) is 19.4. The second kappa shape index (κ2) is 8.27. The second-order valence-electron chi connectivity index (χ2n) is 7.18. The van der Waals surface area contributed by atoms with Crippen LogP contribution < -0.4 is 14.8 Å². The van der Waals surface area contributed by atoms with Crippen LogP contribution in [0.25, 0.3) is 0 Å². The van der Waals surface area contributed by atoms with Gasteiger partial charge in [0.05, 0.1) is 32.3 Å². The summed E-state index contributed by atoms with van der Waals surface area (Å²) in [4.78, 5) is 19.2. The molecule has 1 N–H and O–H groups in total. The van der Waals surface area contributed by atoms with Crippen LogP contribution in [0.3, 0.4) is 0 Å². The molecule has 1 amide bonds. The van der Waals surface area contributed by atoms with E-state index in [9.17, 15) is 4.79 Å². The summed E-state index contributed by atoms with van der Waals surface area (Å²) in [6.45, 7) is 5.16. The number of carbonyl (C=O) groups excluding carboxylic acids is 1. The van der Waals surface area contributed by atoms with Crippen LogP contribution in [-0.2, 0) is 10.3 Å². The van der Waals surface area contributed by atoms with E-state index in [-0.39, 0.29) is 24.0 Å². The molecule has 0 bridgehead atoms. The largest absolute Gasteiger partial charge is 0.493 e. The normalized spacial score (nSPS) is 17.2. The Bertz CT molecular complexity index is 777. The number of nitrogens with zero attached hydrogens (tertiary/aromatic N) is 2. The Morgan fingerprint density at radius 1 is 1.33 bits per heavy atom. The van der Waals surface area contributed by atoms with Crippen LogP contribution in [0.1, 0.15) is 43.3 Å². The number of hydrogen-bond acceptors (Lipinski definition) is 6. The second-order valence-corrected chi connectivity index (χ2v) is 8.07. The van der Waals surface area contributed by atoms with Gasteiger partial charge in [-0.15, -0.1) is 11.3 Å². The first-order valence-electron chi connectivity index (χ1n) is 9.12. The highest BCUT2D eigenvalue weighted by Crippen LogP contribution is 2.37. The van der Waals surface area contributed by atoms with Crippen molar-refractivity contribution in [3.63, 3.8) is 0 Å². The Morgan fingerprint density at radius 2 is 2.11 bits per heavy atom. The minimum absolute atomic E-state index is 0.0714. The van der Waals surface area contributed by atoms with E-state index in [2.05, 4.69) is 24.1 Å². The molecule has 27 heavy (non-hydrogen) atoms. The Morgan fingerprint density at radius 3 is 2.78 bits per heavy atom. The summed E-state index contributed by atoms with van der Waals surface area (Å²) in [7, 11) is 3.25. The van der Waals surface area contributed by atoms with Crippen molar-refractivity contribution in [3.8, 4) is 11.5 Å². The van der Waals surface area contributed by atoms with Crippen molar-refractivity contribution in [1.82, 2.24) is 15.2 Å². The Balaban J connectivity index is 1.70. The lowest BCUT2D eigenvalue weighted by molar-refractivity contribution is -0.131. The number of hydrogen-bond donors (Lipinski definition) is 1. The molecule has 1 aromatic carbocycles. The predicted octanol–water partition coefficient (Wildman–Crippen LogP) is 3.35. The average molecular weight is 390 g/mol. The molecular weight excluding hydrogens is 362 g/mol. The molecule has 3 rings (SSSR count). The fraction of sp³-hybridized carbons (Fsp3) is 0.500. The van der Waals surface area contributed by atoms with Crippen molar-refractivity contribution in [2.24, 2.45) is 0 Å². The zero-order valence-corrected chi connectivity index (χ0v) is 17.1. The third-order valence-corrected chi connectivity index (χ3v) is 6.11. The van der Waals surface area contributed by atoms with Gasteiger partial charge in [-0.05, 0) is 44.4 Å². The quantitative estimate of drug-likeness (QED) is 0.787. The lowest BCUT2D eigenvalue weighted by atomic mass is 10.0. The SMILES string of the molecule is COc1ccc(C2CCCN2C(=O)CNC(C)(C)c2nccs2)cc1OC. The maximum atomic E-state index is 12.9. The van der Waals surface area contributed by atoms with Gasteiger partial charge in [-0.3, -0.25) is 10.1 Å². The number of amides is 1. The summed E-state index contributed by atoms with van der Waals surface area (Å²) in [6, 6.07) is 5.97. The minimum atomic E-state index is -0.331. The first kappa shape index (κ1) is 19.6. The first-order chi connectivity index (χ1) is 13.0. The smallest absolute Gasteiger partial charge is 0.237 e. The Kier molecular flexibility index (Phi) is 6.01. The molecule has 0 saturated carbocycles. The van der Waals surface area contributed by atoms with E-state index < -0.39 is 0 Å². The van der Waals surface area contributed by atoms with Crippen molar-refractivity contribution in [1.29, 1.82) is 0 Å². The maximum Gasteiger partial charge on any atom is 0.237 e. The summed E-state index contributed by atoms with van der Waals surface area (Å²) in [5.74, 6) is 1.50. The van der Waals surface area contributed by atoms with E-state index in [0.717, 1.165) is 30.0 Å². The van der Waals surface area contributed by atoms with Gasteiger partial charge in [0, 0.05) is 18.1 Å². The van der Waals surface area contributed by atoms with Gasteiger partial charge in [0.1, 0.15) is 5.01 Å². The lowest BCUT2D eigenvalue weighted by Gasteiger charge is -2.29. The minimum Gasteiger partial charge on any atom is -0.493 e. The first-order valence-corrected chi connectivity index (χ1v) is 10.0. The van der Waals surface area contributed by atoms with Crippen molar-refractivity contribution in [2.75, 3.05) is 27.3 Å². The van der Waals surface area contributed by atoms with Crippen molar-refractivity contribution < 1.29 is 14.3 Å². The number of methoxy groups -OCH3 is 2. The fourth-order valence-corrected chi connectivity index (χ4v) is 4.22. The van der Waals surface area contributed by atoms with Crippen LogP contribution in [0.2, 0.25) is 0 Å². The molecule has 2 heterocycles. The summed E-state index contributed by atoms with van der Waals surface area (Å²) in [5, 5.41) is 6.30. The molecule has 7 heteroatoms. The third kappa shape index (κ3) is 4.25. The molecule has 6 nitrogen and oxygen atoms in total. The summed E-state index contributed by atoms with van der Waals surface area (Å²) in [6.07, 6.45) is 3.75. The number of carbonyl (C=O) groups is 1. The fourth-order valence-electron chi connectivity index (χ4n) is 3.48. The summed E-state index contributed by atoms with van der Waals surface area (Å²) < 4.78 is 10.7. The van der Waals surface area contributed by atoms with Gasteiger partial charge in [-0.1, -0.05) is 6.07 Å². The highest BCUT2D eigenvalue weighted by molar-refractivity contribution is 7.09. The van der Waals surface area contributed by atoms with Gasteiger partial charge in [-0.25, -0.2) is 4.98 Å². The van der Waals surface area contributed by atoms with Gasteiger partial charge in [-0.2, -0.15) is 0 Å². The molecule has 0 radical (unpaired) electrons. The van der Waals surface area contributed by atoms with E-state index in [4.69, 9.17) is 9.47 Å². The highest BCUT2D eigenvalue weighted by atomic mass is 32.1. The molecule has 1 fully saturated rings. The van der Waals surface area contributed by atoms with Crippen molar-refractivity contribution in [2.45, 2.75) is 38.3 Å². The molecule has 1 unspecified atom stereocenters. The predicted molar refractivity (Wildman–Crippen MR) is 106 cm³/mol. The van der Waals surface area contributed by atoms with E-state index in [0.29, 0.717) is 11.5 Å². The summed E-state index contributed by atoms with van der Waals surface area (Å²) in [5.41, 5.74) is 0.750. The molecule has 1 aliphatic heterocycles. The maximum absolute atomic E-state index is 12.9. The number of nitrogens with one attached hydrogen (secondary N) is 1. The van der Waals surface area contributed by atoms with Crippen LogP contribution in [0, 0.1) is 0 Å². The van der Waals surface area contributed by atoms with Crippen LogP contribution >= 0.6 is 11.3 Å². The van der Waals surface area contributed by atoms with E-state index in [1.165, 1.54) is 0 Å².